The van der Waals surface area contributed by atoms with Gasteiger partial charge < -0.3 is 20.3 Å². The SMILES string of the molecule is COc1ccccc1C(=O)N[C@H]1C[C@H]2C(=O)N[C@@H](Cc3ccccc3)C(=O)N2C1. The molecule has 0 radical (unpaired) electrons. The molecular formula is C22H23N3O4. The molecule has 0 aromatic heterocycles. The van der Waals surface area contributed by atoms with Crippen LogP contribution in [0.15, 0.2) is 54.6 Å². The van der Waals surface area contributed by atoms with Crippen molar-refractivity contribution >= 4 is 17.7 Å². The summed E-state index contributed by atoms with van der Waals surface area (Å²) in [5.41, 5.74) is 1.42. The molecule has 2 aromatic rings. The third kappa shape index (κ3) is 3.81. The molecule has 150 valence electrons. The highest BCUT2D eigenvalue weighted by Crippen LogP contribution is 2.25. The largest absolute Gasteiger partial charge is 0.496 e. The highest BCUT2D eigenvalue weighted by atomic mass is 16.5. The first-order valence-corrected chi connectivity index (χ1v) is 9.65. The molecule has 29 heavy (non-hydrogen) atoms. The number of fused-ring (bicyclic) bond motifs is 1. The van der Waals surface area contributed by atoms with E-state index in [0.717, 1.165) is 5.56 Å². The topological polar surface area (TPSA) is 87.7 Å². The summed E-state index contributed by atoms with van der Waals surface area (Å²) in [4.78, 5) is 39.8. The van der Waals surface area contributed by atoms with Crippen LogP contribution in [0.25, 0.3) is 0 Å². The molecular weight excluding hydrogens is 370 g/mol. The van der Waals surface area contributed by atoms with Crippen LogP contribution in [0, 0.1) is 0 Å². The lowest BCUT2D eigenvalue weighted by Crippen LogP contribution is -2.61. The van der Waals surface area contributed by atoms with Gasteiger partial charge in [0, 0.05) is 19.0 Å². The smallest absolute Gasteiger partial charge is 0.255 e. The molecule has 2 aliphatic heterocycles. The van der Waals surface area contributed by atoms with Gasteiger partial charge in [-0.05, 0) is 24.1 Å². The molecule has 0 aliphatic carbocycles. The molecule has 2 fully saturated rings. The minimum Gasteiger partial charge on any atom is -0.496 e. The predicted molar refractivity (Wildman–Crippen MR) is 106 cm³/mol. The summed E-state index contributed by atoms with van der Waals surface area (Å²) in [6.07, 6.45) is 0.851. The summed E-state index contributed by atoms with van der Waals surface area (Å²) in [5, 5.41) is 5.79. The summed E-state index contributed by atoms with van der Waals surface area (Å²) >= 11 is 0. The van der Waals surface area contributed by atoms with Crippen molar-refractivity contribution < 1.29 is 19.1 Å². The number of ether oxygens (including phenoxy) is 1. The Kier molecular flexibility index (Phi) is 5.20. The number of carbonyl (C=O) groups excluding carboxylic acids is 3. The quantitative estimate of drug-likeness (QED) is 0.797. The van der Waals surface area contributed by atoms with Gasteiger partial charge in [0.2, 0.25) is 11.8 Å². The van der Waals surface area contributed by atoms with Crippen LogP contribution in [-0.4, -0.2) is 54.4 Å². The number of hydrogen-bond acceptors (Lipinski definition) is 4. The summed E-state index contributed by atoms with van der Waals surface area (Å²) in [6.45, 7) is 0.323. The Hall–Kier alpha value is -3.35. The molecule has 3 amide bonds. The van der Waals surface area contributed by atoms with E-state index >= 15 is 0 Å². The van der Waals surface area contributed by atoms with E-state index in [2.05, 4.69) is 10.6 Å². The summed E-state index contributed by atoms with van der Waals surface area (Å²) < 4.78 is 5.24. The molecule has 2 saturated heterocycles. The van der Waals surface area contributed by atoms with Crippen LogP contribution in [0.3, 0.4) is 0 Å². The first kappa shape index (κ1) is 19.0. The van der Waals surface area contributed by atoms with E-state index in [4.69, 9.17) is 4.74 Å². The summed E-state index contributed by atoms with van der Waals surface area (Å²) in [7, 11) is 1.51. The average Bonchev–Trinajstić information content (AvgIpc) is 3.17. The summed E-state index contributed by atoms with van der Waals surface area (Å²) in [5.74, 6) is -0.0643. The zero-order valence-electron chi connectivity index (χ0n) is 16.1. The number of nitrogens with zero attached hydrogens (tertiary/aromatic N) is 1. The van der Waals surface area contributed by atoms with Gasteiger partial charge in [0.05, 0.1) is 12.7 Å². The van der Waals surface area contributed by atoms with Gasteiger partial charge in [-0.15, -0.1) is 0 Å². The Morgan fingerprint density at radius 2 is 1.86 bits per heavy atom. The van der Waals surface area contributed by atoms with Crippen molar-refractivity contribution in [2.45, 2.75) is 31.0 Å². The highest BCUT2D eigenvalue weighted by Gasteiger charge is 2.46. The lowest BCUT2D eigenvalue weighted by Gasteiger charge is -2.34. The van der Waals surface area contributed by atoms with E-state index in [9.17, 15) is 14.4 Å². The molecule has 7 heteroatoms. The maximum atomic E-state index is 12.9. The van der Waals surface area contributed by atoms with Crippen LogP contribution in [0.1, 0.15) is 22.3 Å². The molecule has 0 saturated carbocycles. The molecule has 2 aliphatic rings. The van der Waals surface area contributed by atoms with Crippen LogP contribution < -0.4 is 15.4 Å². The second-order valence-corrected chi connectivity index (χ2v) is 7.36. The number of amides is 3. The molecule has 0 unspecified atom stereocenters. The fourth-order valence-corrected chi connectivity index (χ4v) is 4.05. The van der Waals surface area contributed by atoms with Crippen LogP contribution in [0.2, 0.25) is 0 Å². The van der Waals surface area contributed by atoms with Crippen molar-refractivity contribution in [3.8, 4) is 5.75 Å². The first-order chi connectivity index (χ1) is 14.1. The average molecular weight is 393 g/mol. The van der Waals surface area contributed by atoms with Crippen molar-refractivity contribution in [2.24, 2.45) is 0 Å². The lowest BCUT2D eigenvalue weighted by molar-refractivity contribution is -0.147. The fraction of sp³-hybridized carbons (Fsp3) is 0.318. The molecule has 0 bridgehead atoms. The fourth-order valence-electron chi connectivity index (χ4n) is 4.05. The maximum Gasteiger partial charge on any atom is 0.255 e. The molecule has 2 N–H and O–H groups in total. The Labute approximate surface area is 169 Å². The van der Waals surface area contributed by atoms with Crippen molar-refractivity contribution in [3.05, 3.63) is 65.7 Å². The van der Waals surface area contributed by atoms with Crippen LogP contribution in [0.5, 0.6) is 5.75 Å². The third-order valence-corrected chi connectivity index (χ3v) is 5.47. The van der Waals surface area contributed by atoms with Gasteiger partial charge in [-0.1, -0.05) is 42.5 Å². The van der Waals surface area contributed by atoms with E-state index in [1.807, 2.05) is 30.3 Å². The Morgan fingerprint density at radius 3 is 2.62 bits per heavy atom. The second-order valence-electron chi connectivity index (χ2n) is 7.36. The molecule has 3 atom stereocenters. The second kappa shape index (κ2) is 7.95. The van der Waals surface area contributed by atoms with Crippen LogP contribution >= 0.6 is 0 Å². The van der Waals surface area contributed by atoms with E-state index in [-0.39, 0.29) is 23.8 Å². The van der Waals surface area contributed by atoms with Crippen molar-refractivity contribution in [2.75, 3.05) is 13.7 Å². The summed E-state index contributed by atoms with van der Waals surface area (Å²) in [6, 6.07) is 15.2. The number of rotatable bonds is 5. The third-order valence-electron chi connectivity index (χ3n) is 5.47. The Balaban J connectivity index is 1.44. The Morgan fingerprint density at radius 1 is 1.14 bits per heavy atom. The maximum absolute atomic E-state index is 12.9. The molecule has 2 heterocycles. The van der Waals surface area contributed by atoms with E-state index in [1.54, 1.807) is 29.2 Å². The zero-order chi connectivity index (χ0) is 20.4. The highest BCUT2D eigenvalue weighted by molar-refractivity contribution is 5.99. The number of nitrogens with one attached hydrogen (secondary N) is 2. The van der Waals surface area contributed by atoms with Crippen molar-refractivity contribution in [1.82, 2.24) is 15.5 Å². The monoisotopic (exact) mass is 393 g/mol. The van der Waals surface area contributed by atoms with Gasteiger partial charge in [0.1, 0.15) is 17.8 Å². The van der Waals surface area contributed by atoms with Crippen molar-refractivity contribution in [1.29, 1.82) is 0 Å². The van der Waals surface area contributed by atoms with E-state index < -0.39 is 12.1 Å². The normalized spacial score (nSPS) is 23.3. The minimum atomic E-state index is -0.579. The molecule has 0 spiro atoms. The zero-order valence-corrected chi connectivity index (χ0v) is 16.1. The predicted octanol–water partition coefficient (Wildman–Crippen LogP) is 1.14. The molecule has 4 rings (SSSR count). The van der Waals surface area contributed by atoms with Crippen LogP contribution in [0.4, 0.5) is 0 Å². The van der Waals surface area contributed by atoms with Crippen LogP contribution in [-0.2, 0) is 16.0 Å². The lowest BCUT2D eigenvalue weighted by atomic mass is 10.0. The van der Waals surface area contributed by atoms with Gasteiger partial charge in [-0.3, -0.25) is 14.4 Å². The molecule has 2 aromatic carbocycles. The number of piperazine rings is 1. The van der Waals surface area contributed by atoms with Gasteiger partial charge in [-0.25, -0.2) is 0 Å². The minimum absolute atomic E-state index is 0.104. The van der Waals surface area contributed by atoms with Gasteiger partial charge >= 0.3 is 0 Å². The number of hydrogen-bond donors (Lipinski definition) is 2. The molecule has 7 nitrogen and oxygen atoms in total. The number of carbonyl (C=O) groups is 3. The van der Waals surface area contributed by atoms with Gasteiger partial charge in [-0.2, -0.15) is 0 Å². The first-order valence-electron chi connectivity index (χ1n) is 9.65. The van der Waals surface area contributed by atoms with Crippen molar-refractivity contribution in [3.63, 3.8) is 0 Å². The number of para-hydroxylation sites is 1. The number of methoxy groups -OCH3 is 1. The van der Waals surface area contributed by atoms with E-state index in [0.29, 0.717) is 30.7 Å². The van der Waals surface area contributed by atoms with E-state index in [1.165, 1.54) is 7.11 Å². The number of benzene rings is 2. The Bertz CT molecular complexity index is 931. The standard InChI is InChI=1S/C22H23N3O4/c1-29-19-10-6-5-9-16(19)20(26)23-15-12-18-21(27)24-17(22(28)25(18)13-15)11-14-7-3-2-4-8-14/h2-10,15,17-18H,11-13H2,1H3,(H,23,26)(H,24,27)/t15-,17-,18-/m0/s1. The van der Waals surface area contributed by atoms with Gasteiger partial charge in [0.25, 0.3) is 5.91 Å². The van der Waals surface area contributed by atoms with Gasteiger partial charge in [0.15, 0.2) is 0 Å².